The Labute approximate surface area is 149 Å². The molecule has 0 unspecified atom stereocenters. The molecule has 1 aromatic carbocycles. The lowest BCUT2D eigenvalue weighted by molar-refractivity contribution is 0.100. The zero-order valence-corrected chi connectivity index (χ0v) is 14.8. The second-order valence-electron chi connectivity index (χ2n) is 5.69. The third-order valence-corrected chi connectivity index (χ3v) is 5.17. The Bertz CT molecular complexity index is 887. The van der Waals surface area contributed by atoms with E-state index in [1.54, 1.807) is 14.2 Å². The van der Waals surface area contributed by atoms with E-state index in [0.717, 1.165) is 34.3 Å². The molecular weight excluding hydrogens is 338 g/mol. The lowest BCUT2D eigenvalue weighted by Crippen LogP contribution is -2.38. The second kappa shape index (κ2) is 6.33. The number of Topliss-reactive ketones (excluding diaryl/α,β-unsaturated/α-hetero) is 1. The SMILES string of the molecule is COc1cc2c(cc1OC)C1=NCCN1C(CC(=O)c1cccs1)=N2. The third-order valence-electron chi connectivity index (χ3n) is 4.26. The van der Waals surface area contributed by atoms with Crippen LogP contribution in [0.15, 0.2) is 39.6 Å². The van der Waals surface area contributed by atoms with Gasteiger partial charge in [-0.15, -0.1) is 11.3 Å². The van der Waals surface area contributed by atoms with E-state index in [0.29, 0.717) is 18.0 Å². The molecule has 0 amide bonds. The number of carbonyl (C=O) groups excluding carboxylic acids is 1. The largest absolute Gasteiger partial charge is 0.493 e. The van der Waals surface area contributed by atoms with Gasteiger partial charge in [0.25, 0.3) is 0 Å². The number of carbonyl (C=O) groups is 1. The van der Waals surface area contributed by atoms with Gasteiger partial charge in [-0.05, 0) is 17.5 Å². The molecule has 0 radical (unpaired) electrons. The Morgan fingerprint density at radius 3 is 2.80 bits per heavy atom. The van der Waals surface area contributed by atoms with Crippen molar-refractivity contribution in [1.29, 1.82) is 0 Å². The van der Waals surface area contributed by atoms with E-state index in [1.807, 2.05) is 34.5 Å². The van der Waals surface area contributed by atoms with Crippen LogP contribution in [-0.4, -0.2) is 49.7 Å². The first kappa shape index (κ1) is 15.8. The number of hydrogen-bond acceptors (Lipinski definition) is 7. The molecule has 2 aromatic rings. The van der Waals surface area contributed by atoms with Gasteiger partial charge in [0.1, 0.15) is 11.7 Å². The van der Waals surface area contributed by atoms with E-state index < -0.39 is 0 Å². The van der Waals surface area contributed by atoms with Crippen LogP contribution in [0.25, 0.3) is 0 Å². The van der Waals surface area contributed by atoms with Gasteiger partial charge in [0.15, 0.2) is 17.3 Å². The van der Waals surface area contributed by atoms with Crippen LogP contribution >= 0.6 is 11.3 Å². The first-order valence-electron chi connectivity index (χ1n) is 7.94. The Kier molecular flexibility index (Phi) is 4.01. The highest BCUT2D eigenvalue weighted by Gasteiger charge is 2.31. The zero-order valence-electron chi connectivity index (χ0n) is 14.0. The maximum Gasteiger partial charge on any atom is 0.180 e. The van der Waals surface area contributed by atoms with Crippen LogP contribution in [0.4, 0.5) is 5.69 Å². The van der Waals surface area contributed by atoms with Gasteiger partial charge in [0.2, 0.25) is 0 Å². The number of methoxy groups -OCH3 is 2. The summed E-state index contributed by atoms with van der Waals surface area (Å²) in [5.41, 5.74) is 1.66. The number of ketones is 1. The number of rotatable bonds is 5. The van der Waals surface area contributed by atoms with Crippen LogP contribution in [0.2, 0.25) is 0 Å². The quantitative estimate of drug-likeness (QED) is 0.773. The highest BCUT2D eigenvalue weighted by atomic mass is 32.1. The number of amidine groups is 2. The number of nitrogens with zero attached hydrogens (tertiary/aromatic N) is 3. The Balaban J connectivity index is 1.75. The van der Waals surface area contributed by atoms with Crippen molar-refractivity contribution in [2.24, 2.45) is 9.98 Å². The van der Waals surface area contributed by atoms with E-state index in [1.165, 1.54) is 11.3 Å². The molecule has 0 atom stereocenters. The van der Waals surface area contributed by atoms with Crippen LogP contribution in [0.3, 0.4) is 0 Å². The molecule has 3 heterocycles. The summed E-state index contributed by atoms with van der Waals surface area (Å²) in [5, 5.41) is 1.91. The molecule has 25 heavy (non-hydrogen) atoms. The Morgan fingerprint density at radius 2 is 2.08 bits per heavy atom. The number of ether oxygens (including phenoxy) is 2. The molecule has 0 aliphatic carbocycles. The molecule has 7 heteroatoms. The minimum atomic E-state index is 0.0731. The van der Waals surface area contributed by atoms with Gasteiger partial charge in [0, 0.05) is 18.2 Å². The number of benzene rings is 1. The van der Waals surface area contributed by atoms with Crippen molar-refractivity contribution in [3.8, 4) is 11.5 Å². The average Bonchev–Trinajstić information content (AvgIpc) is 3.32. The molecule has 0 saturated heterocycles. The fourth-order valence-electron chi connectivity index (χ4n) is 3.07. The highest BCUT2D eigenvalue weighted by Crippen LogP contribution is 2.38. The molecule has 128 valence electrons. The van der Waals surface area contributed by atoms with Crippen LogP contribution in [0.5, 0.6) is 11.5 Å². The summed E-state index contributed by atoms with van der Waals surface area (Å²) in [6.45, 7) is 1.43. The average molecular weight is 355 g/mol. The van der Waals surface area contributed by atoms with Gasteiger partial charge in [-0.25, -0.2) is 4.99 Å². The molecule has 0 fully saturated rings. The summed E-state index contributed by atoms with van der Waals surface area (Å²) < 4.78 is 10.8. The standard InChI is InChI=1S/C18H17N3O3S/c1-23-14-8-11-12(9-15(14)24-2)20-17(21-6-5-19-18(11)21)10-13(22)16-4-3-7-25-16/h3-4,7-9H,5-6,10H2,1-2H3. The van der Waals surface area contributed by atoms with Gasteiger partial charge >= 0.3 is 0 Å². The summed E-state index contributed by atoms with van der Waals surface area (Å²) in [4.78, 5) is 24.6. The molecule has 0 spiro atoms. The fraction of sp³-hybridized carbons (Fsp3) is 0.278. The summed E-state index contributed by atoms with van der Waals surface area (Å²) in [7, 11) is 3.20. The molecule has 6 nitrogen and oxygen atoms in total. The Hall–Kier alpha value is -2.67. The van der Waals surface area contributed by atoms with Crippen molar-refractivity contribution in [2.75, 3.05) is 27.3 Å². The molecule has 2 aliphatic rings. The predicted octanol–water partition coefficient (Wildman–Crippen LogP) is 3.14. The summed E-state index contributed by atoms with van der Waals surface area (Å²) in [6, 6.07) is 7.46. The van der Waals surface area contributed by atoms with Gasteiger partial charge in [-0.1, -0.05) is 6.07 Å². The minimum Gasteiger partial charge on any atom is -0.493 e. The minimum absolute atomic E-state index is 0.0731. The molecule has 0 N–H and O–H groups in total. The summed E-state index contributed by atoms with van der Waals surface area (Å²) in [6.07, 6.45) is 0.257. The van der Waals surface area contributed by atoms with Crippen molar-refractivity contribution < 1.29 is 14.3 Å². The monoisotopic (exact) mass is 355 g/mol. The molecule has 2 aliphatic heterocycles. The van der Waals surface area contributed by atoms with Gasteiger partial charge in [0.05, 0.1) is 37.7 Å². The topological polar surface area (TPSA) is 63.5 Å². The molecule has 0 saturated carbocycles. The second-order valence-corrected chi connectivity index (χ2v) is 6.63. The number of fused-ring (bicyclic) bond motifs is 3. The maximum atomic E-state index is 12.5. The van der Waals surface area contributed by atoms with E-state index in [4.69, 9.17) is 14.5 Å². The van der Waals surface area contributed by atoms with E-state index in [-0.39, 0.29) is 12.2 Å². The van der Waals surface area contributed by atoms with Crippen molar-refractivity contribution in [1.82, 2.24) is 4.90 Å². The lowest BCUT2D eigenvalue weighted by Gasteiger charge is -2.28. The fourth-order valence-corrected chi connectivity index (χ4v) is 3.74. The van der Waals surface area contributed by atoms with Crippen molar-refractivity contribution in [3.63, 3.8) is 0 Å². The van der Waals surface area contributed by atoms with Crippen LogP contribution in [0.1, 0.15) is 21.7 Å². The normalized spacial score (nSPS) is 15.2. The Morgan fingerprint density at radius 1 is 1.28 bits per heavy atom. The smallest absolute Gasteiger partial charge is 0.180 e. The predicted molar refractivity (Wildman–Crippen MR) is 98.0 cm³/mol. The van der Waals surface area contributed by atoms with E-state index in [9.17, 15) is 4.79 Å². The van der Waals surface area contributed by atoms with Gasteiger partial charge < -0.3 is 14.4 Å². The van der Waals surface area contributed by atoms with Crippen LogP contribution in [0, 0.1) is 0 Å². The van der Waals surface area contributed by atoms with Crippen molar-refractivity contribution in [3.05, 3.63) is 40.1 Å². The molecular formula is C18H17N3O3S. The first-order valence-corrected chi connectivity index (χ1v) is 8.82. The summed E-state index contributed by atoms with van der Waals surface area (Å²) in [5.74, 6) is 2.91. The van der Waals surface area contributed by atoms with Gasteiger partial charge in [-0.3, -0.25) is 9.79 Å². The molecule has 0 bridgehead atoms. The van der Waals surface area contributed by atoms with Crippen LogP contribution in [-0.2, 0) is 0 Å². The third kappa shape index (κ3) is 2.70. The maximum absolute atomic E-state index is 12.5. The first-order chi connectivity index (χ1) is 12.2. The van der Waals surface area contributed by atoms with Crippen molar-refractivity contribution in [2.45, 2.75) is 6.42 Å². The lowest BCUT2D eigenvalue weighted by atomic mass is 10.1. The van der Waals surface area contributed by atoms with E-state index >= 15 is 0 Å². The van der Waals surface area contributed by atoms with E-state index in [2.05, 4.69) is 4.99 Å². The zero-order chi connectivity index (χ0) is 17.4. The number of aliphatic imine (C=N–C) groups is 2. The van der Waals surface area contributed by atoms with Crippen molar-refractivity contribution >= 4 is 34.5 Å². The number of thiophene rings is 1. The highest BCUT2D eigenvalue weighted by molar-refractivity contribution is 7.12. The summed E-state index contributed by atoms with van der Waals surface area (Å²) >= 11 is 1.45. The number of hydrogen-bond donors (Lipinski definition) is 0. The molecule has 4 rings (SSSR count). The van der Waals surface area contributed by atoms with Crippen LogP contribution < -0.4 is 9.47 Å². The molecule has 1 aromatic heterocycles. The van der Waals surface area contributed by atoms with Gasteiger partial charge in [-0.2, -0.15) is 0 Å².